The monoisotopic (exact) mass is 838 g/mol. The maximum atomic E-state index is 13.1. The van der Waals surface area contributed by atoms with E-state index in [1.165, 1.54) is 20.8 Å². The van der Waals surface area contributed by atoms with E-state index in [1.807, 2.05) is 0 Å². The topological polar surface area (TPSA) is 262 Å². The average molecular weight is 839 g/mol. The van der Waals surface area contributed by atoms with Crippen molar-refractivity contribution in [1.29, 1.82) is 0 Å². The summed E-state index contributed by atoms with van der Waals surface area (Å²) in [6, 6.07) is 0. The van der Waals surface area contributed by atoms with Crippen LogP contribution in [-0.2, 0) is 47.4 Å². The van der Waals surface area contributed by atoms with Crippen molar-refractivity contribution in [2.45, 2.75) is 247 Å². The van der Waals surface area contributed by atoms with Crippen LogP contribution in [0.4, 0.5) is 0 Å². The van der Waals surface area contributed by atoms with Crippen LogP contribution in [0.1, 0.15) is 118 Å². The molecule has 5 saturated heterocycles. The summed E-state index contributed by atoms with van der Waals surface area (Å²) in [5.74, 6) is -0.653. The molecule has 338 valence electrons. The number of carbonyl (C=O) groups excluding carboxylic acids is 1. The molecule has 0 unspecified atom stereocenters. The SMILES string of the molecule is CCCCC[C@@H]1CCCCCCCCCC(=O)O[C@H]2[C@H](O[C@H]3[C@H](O)[C@@H](C)O[C@@H](O[C@H]4[C@H](O1)O[C@H](C)[C@@H](O)[C@@H]4O)[C@@H]3O[C@@H]1O[C@@H](C)[C@H](O)[C@@H](O)[C@H]1O)O[C@H](C)[C@@H](O)[C@@H]2O. The van der Waals surface area contributed by atoms with Gasteiger partial charge in [-0.05, 0) is 47.0 Å². The van der Waals surface area contributed by atoms with Crippen molar-refractivity contribution in [3.63, 3.8) is 0 Å². The molecule has 8 N–H and O–H groups in total. The number of esters is 1. The highest BCUT2D eigenvalue weighted by Gasteiger charge is 2.56. The van der Waals surface area contributed by atoms with Gasteiger partial charge in [0.25, 0.3) is 0 Å². The maximum Gasteiger partial charge on any atom is 0.306 e. The largest absolute Gasteiger partial charge is 0.454 e. The molecule has 5 aliphatic heterocycles. The van der Waals surface area contributed by atoms with Crippen molar-refractivity contribution in [1.82, 2.24) is 0 Å². The number of carbonyl (C=O) groups is 1. The molecule has 5 rings (SSSR count). The molecule has 5 aliphatic rings. The Morgan fingerprint density at radius 1 is 0.517 bits per heavy atom. The molecule has 0 aliphatic carbocycles. The normalized spacial score (nSPS) is 48.4. The standard InChI is InChI=1S/C40H70O18/c1-6-7-13-16-23-17-14-11-9-8-10-12-15-18-24(41)55-34-30(47)26(43)21(4)52-39(34)56-33-28(45)22(5)53-40(57-35-31(48)27(44)20(3)51-38(35)54-23)36(33)58-37-32(49)29(46)25(42)19(2)50-37/h19-23,25-40,42-49H,6-18H2,1-5H3/t19-,20+,21+,22+,23+,25-,26+,27+,28+,29+,30-,31-,32+,33-,34+,35+,36+,37-,38-,39-,40-/m0/s1. The summed E-state index contributed by atoms with van der Waals surface area (Å²) in [4.78, 5) is 13.1. The van der Waals surface area contributed by atoms with Crippen LogP contribution in [0.25, 0.3) is 0 Å². The molecule has 5 heterocycles. The molecule has 0 aromatic heterocycles. The minimum absolute atomic E-state index is 0.0393. The highest BCUT2D eigenvalue weighted by molar-refractivity contribution is 5.69. The van der Waals surface area contributed by atoms with Crippen molar-refractivity contribution >= 4 is 5.97 Å². The van der Waals surface area contributed by atoms with E-state index in [0.717, 1.165) is 64.2 Å². The smallest absolute Gasteiger partial charge is 0.306 e. The average Bonchev–Trinajstić information content (AvgIpc) is 3.19. The Morgan fingerprint density at radius 2 is 1.03 bits per heavy atom. The van der Waals surface area contributed by atoms with Gasteiger partial charge in [0.15, 0.2) is 31.3 Å². The van der Waals surface area contributed by atoms with Crippen LogP contribution >= 0.6 is 0 Å². The Hall–Kier alpha value is -1.17. The van der Waals surface area contributed by atoms with Gasteiger partial charge in [-0.1, -0.05) is 64.7 Å². The molecule has 2 bridgehead atoms. The lowest BCUT2D eigenvalue weighted by Gasteiger charge is -2.50. The number of ether oxygens (including phenoxy) is 9. The molecule has 0 aromatic carbocycles. The zero-order valence-electron chi connectivity index (χ0n) is 34.5. The summed E-state index contributed by atoms with van der Waals surface area (Å²) in [6.45, 7) is 8.16. The third-order valence-electron chi connectivity index (χ3n) is 12.1. The minimum Gasteiger partial charge on any atom is -0.454 e. The van der Waals surface area contributed by atoms with Crippen LogP contribution < -0.4 is 0 Å². The first-order valence-corrected chi connectivity index (χ1v) is 21.5. The summed E-state index contributed by atoms with van der Waals surface area (Å²) in [5.41, 5.74) is 0. The summed E-state index contributed by atoms with van der Waals surface area (Å²) in [6.07, 6.45) is -18.8. The molecule has 18 nitrogen and oxygen atoms in total. The molecule has 58 heavy (non-hydrogen) atoms. The molecule has 5 fully saturated rings. The Bertz CT molecular complexity index is 1230. The third kappa shape index (κ3) is 11.8. The van der Waals surface area contributed by atoms with E-state index in [2.05, 4.69) is 6.92 Å². The molecule has 0 spiro atoms. The number of fused-ring (bicyclic) bond motifs is 4. The van der Waals surface area contributed by atoms with Gasteiger partial charge in [-0.25, -0.2) is 0 Å². The molecule has 0 saturated carbocycles. The first kappa shape index (κ1) is 47.9. The van der Waals surface area contributed by atoms with E-state index in [0.29, 0.717) is 12.8 Å². The fraction of sp³-hybridized carbons (Fsp3) is 0.975. The number of hydrogen-bond donors (Lipinski definition) is 8. The molecule has 0 aromatic rings. The zero-order valence-corrected chi connectivity index (χ0v) is 34.5. The summed E-state index contributed by atoms with van der Waals surface area (Å²) < 4.78 is 55.4. The first-order valence-electron chi connectivity index (χ1n) is 21.5. The van der Waals surface area contributed by atoms with Crippen LogP contribution in [-0.4, -0.2) is 176 Å². The third-order valence-corrected chi connectivity index (χ3v) is 12.1. The van der Waals surface area contributed by atoms with Gasteiger partial charge in [0.1, 0.15) is 67.1 Å². The van der Waals surface area contributed by atoms with Crippen LogP contribution in [0.3, 0.4) is 0 Å². The van der Waals surface area contributed by atoms with Crippen LogP contribution in [0.2, 0.25) is 0 Å². The van der Waals surface area contributed by atoms with Gasteiger partial charge in [-0.15, -0.1) is 0 Å². The highest BCUT2D eigenvalue weighted by atomic mass is 16.8. The van der Waals surface area contributed by atoms with Gasteiger partial charge in [-0.3, -0.25) is 4.79 Å². The number of rotatable bonds is 6. The molecular weight excluding hydrogens is 768 g/mol. The van der Waals surface area contributed by atoms with Crippen LogP contribution in [0.15, 0.2) is 0 Å². The van der Waals surface area contributed by atoms with Gasteiger partial charge < -0.3 is 83.5 Å². The quantitative estimate of drug-likeness (QED) is 0.133. The Balaban J connectivity index is 1.53. The summed E-state index contributed by atoms with van der Waals surface area (Å²) >= 11 is 0. The summed E-state index contributed by atoms with van der Waals surface area (Å²) in [5, 5.41) is 88.4. The van der Waals surface area contributed by atoms with Gasteiger partial charge in [0.05, 0.1) is 30.5 Å². The Labute approximate surface area is 340 Å². The number of aliphatic hydroxyl groups is 8. The van der Waals surface area contributed by atoms with Crippen molar-refractivity contribution in [3.8, 4) is 0 Å². The lowest BCUT2D eigenvalue weighted by atomic mass is 9.96. The van der Waals surface area contributed by atoms with Crippen LogP contribution in [0, 0.1) is 0 Å². The minimum atomic E-state index is -1.82. The molecule has 0 amide bonds. The van der Waals surface area contributed by atoms with E-state index < -0.39 is 129 Å². The van der Waals surface area contributed by atoms with Crippen molar-refractivity contribution < 1.29 is 88.3 Å². The van der Waals surface area contributed by atoms with E-state index in [1.54, 1.807) is 6.92 Å². The second-order valence-corrected chi connectivity index (χ2v) is 16.8. The van der Waals surface area contributed by atoms with Gasteiger partial charge in [0, 0.05) is 6.42 Å². The molecule has 18 heteroatoms. The number of hydrogen-bond acceptors (Lipinski definition) is 18. The summed E-state index contributed by atoms with van der Waals surface area (Å²) in [7, 11) is 0. The number of aliphatic hydroxyl groups excluding tert-OH is 8. The Kier molecular flexibility index (Phi) is 18.4. The van der Waals surface area contributed by atoms with E-state index in [9.17, 15) is 45.6 Å². The lowest BCUT2D eigenvalue weighted by molar-refractivity contribution is -0.406. The van der Waals surface area contributed by atoms with Gasteiger partial charge in [0.2, 0.25) is 0 Å². The van der Waals surface area contributed by atoms with Crippen molar-refractivity contribution in [3.05, 3.63) is 0 Å². The van der Waals surface area contributed by atoms with Gasteiger partial charge in [-0.2, -0.15) is 0 Å². The Morgan fingerprint density at radius 3 is 1.69 bits per heavy atom. The number of unbranched alkanes of at least 4 members (excludes halogenated alkanes) is 2. The predicted octanol–water partition coefficient (Wildman–Crippen LogP) is 0.410. The van der Waals surface area contributed by atoms with E-state index >= 15 is 0 Å². The van der Waals surface area contributed by atoms with E-state index in [-0.39, 0.29) is 12.5 Å². The van der Waals surface area contributed by atoms with E-state index in [4.69, 9.17) is 42.6 Å². The molecule has 21 atom stereocenters. The highest BCUT2D eigenvalue weighted by Crippen LogP contribution is 2.37. The van der Waals surface area contributed by atoms with Crippen molar-refractivity contribution in [2.24, 2.45) is 0 Å². The fourth-order valence-electron chi connectivity index (χ4n) is 8.31. The second kappa shape index (κ2) is 22.3. The van der Waals surface area contributed by atoms with Crippen molar-refractivity contribution in [2.75, 3.05) is 0 Å². The second-order valence-electron chi connectivity index (χ2n) is 16.8. The van der Waals surface area contributed by atoms with Gasteiger partial charge >= 0.3 is 5.97 Å². The lowest BCUT2D eigenvalue weighted by Crippen LogP contribution is -2.67. The zero-order chi connectivity index (χ0) is 42.3. The fourth-order valence-corrected chi connectivity index (χ4v) is 8.31. The molecule has 0 radical (unpaired) electrons. The molecular formula is C40H70O18. The maximum absolute atomic E-state index is 13.1. The predicted molar refractivity (Wildman–Crippen MR) is 200 cm³/mol. The van der Waals surface area contributed by atoms with Crippen LogP contribution in [0.5, 0.6) is 0 Å². The first-order chi connectivity index (χ1) is 27.6.